The summed E-state index contributed by atoms with van der Waals surface area (Å²) in [4.78, 5) is 0. The van der Waals surface area contributed by atoms with E-state index in [0.717, 1.165) is 46.5 Å². The first-order chi connectivity index (χ1) is 11.0. The molecule has 0 aromatic heterocycles. The molecule has 1 atom stereocenters. The Kier molecular flexibility index (Phi) is 2.42. The number of likely N-dealkylation sites (N-methyl/N-ethyl adjacent to an activating group) is 1. The van der Waals surface area contributed by atoms with E-state index < -0.39 is 0 Å². The molecule has 0 radical (unpaired) electrons. The minimum absolute atomic E-state index is 0.280. The highest BCUT2D eigenvalue weighted by molar-refractivity contribution is 5.84. The van der Waals surface area contributed by atoms with Gasteiger partial charge in [0.2, 0.25) is 6.79 Å². The van der Waals surface area contributed by atoms with Gasteiger partial charge in [0.1, 0.15) is 11.8 Å². The summed E-state index contributed by atoms with van der Waals surface area (Å²) in [6, 6.07) is 8.31. The third kappa shape index (κ3) is 1.70. The molecule has 4 nitrogen and oxygen atoms in total. The molecule has 2 heterocycles. The smallest absolute Gasteiger partial charge is 0.231 e. The van der Waals surface area contributed by atoms with Crippen LogP contribution >= 0.6 is 0 Å². The third-order valence-corrected chi connectivity index (χ3v) is 5.70. The molecule has 5 rings (SSSR count). The van der Waals surface area contributed by atoms with Gasteiger partial charge in [-0.25, -0.2) is 0 Å². The lowest BCUT2D eigenvalue weighted by Gasteiger charge is -2.45. The number of rotatable bonds is 0. The zero-order chi connectivity index (χ0) is 15.8. The van der Waals surface area contributed by atoms with Crippen molar-refractivity contribution in [2.45, 2.75) is 18.9 Å². The van der Waals surface area contributed by atoms with Crippen LogP contribution in [0.3, 0.4) is 0 Å². The van der Waals surface area contributed by atoms with Gasteiger partial charge < -0.3 is 19.1 Å². The average molecular weight is 310 g/mol. The Morgan fingerprint density at radius 3 is 2.87 bits per heavy atom. The summed E-state index contributed by atoms with van der Waals surface area (Å²) in [7, 11) is 4.63. The highest BCUT2D eigenvalue weighted by Crippen LogP contribution is 2.55. The van der Waals surface area contributed by atoms with Crippen LogP contribution in [0.25, 0.3) is 11.1 Å². The summed E-state index contributed by atoms with van der Waals surface area (Å²) in [6.07, 6.45) is 2.05. The van der Waals surface area contributed by atoms with E-state index in [2.05, 4.69) is 26.2 Å². The monoisotopic (exact) mass is 310 g/mol. The lowest BCUT2D eigenvalue weighted by molar-refractivity contribution is -0.923. The normalized spacial score (nSPS) is 22.4. The highest BCUT2D eigenvalue weighted by atomic mass is 16.7. The number of benzene rings is 2. The Morgan fingerprint density at radius 1 is 1.13 bits per heavy atom. The predicted octanol–water partition coefficient (Wildman–Crippen LogP) is 3.02. The van der Waals surface area contributed by atoms with Gasteiger partial charge in [-0.2, -0.15) is 0 Å². The van der Waals surface area contributed by atoms with Crippen LogP contribution in [-0.2, 0) is 12.8 Å². The van der Waals surface area contributed by atoms with Gasteiger partial charge >= 0.3 is 0 Å². The van der Waals surface area contributed by atoms with E-state index in [1.54, 1.807) is 6.07 Å². The molecule has 23 heavy (non-hydrogen) atoms. The van der Waals surface area contributed by atoms with Crippen LogP contribution in [-0.4, -0.2) is 37.0 Å². The highest BCUT2D eigenvalue weighted by Gasteiger charge is 2.43. The largest absolute Gasteiger partial charge is 0.508 e. The summed E-state index contributed by atoms with van der Waals surface area (Å²) in [5.41, 5.74) is 6.29. The van der Waals surface area contributed by atoms with Crippen molar-refractivity contribution in [3.63, 3.8) is 0 Å². The Hall–Kier alpha value is -2.20. The minimum atomic E-state index is 0.280. The van der Waals surface area contributed by atoms with Gasteiger partial charge in [0, 0.05) is 24.0 Å². The molecular weight excluding hydrogens is 290 g/mol. The van der Waals surface area contributed by atoms with E-state index >= 15 is 0 Å². The van der Waals surface area contributed by atoms with E-state index in [-0.39, 0.29) is 6.79 Å². The van der Waals surface area contributed by atoms with Gasteiger partial charge in [-0.3, -0.25) is 0 Å². The molecule has 0 bridgehead atoms. The number of fused-ring (bicyclic) bond motifs is 4. The fourth-order valence-electron chi connectivity index (χ4n) is 4.41. The van der Waals surface area contributed by atoms with Crippen LogP contribution in [0, 0.1) is 0 Å². The average Bonchev–Trinajstić information content (AvgIpc) is 2.98. The fourth-order valence-corrected chi connectivity index (χ4v) is 4.41. The number of quaternary nitrogens is 1. The first-order valence-corrected chi connectivity index (χ1v) is 8.15. The second kappa shape index (κ2) is 4.20. The summed E-state index contributed by atoms with van der Waals surface area (Å²) in [5.74, 6) is 2.00. The van der Waals surface area contributed by atoms with Crippen LogP contribution < -0.4 is 9.47 Å². The lowest BCUT2D eigenvalue weighted by atomic mass is 9.75. The van der Waals surface area contributed by atoms with Crippen molar-refractivity contribution in [3.8, 4) is 28.4 Å². The summed E-state index contributed by atoms with van der Waals surface area (Å²) >= 11 is 0. The number of aromatic hydroxyl groups is 1. The number of ether oxygens (including phenoxy) is 2. The Bertz CT molecular complexity index is 841. The zero-order valence-electron chi connectivity index (χ0n) is 13.4. The maximum atomic E-state index is 10.00. The Labute approximate surface area is 135 Å². The van der Waals surface area contributed by atoms with Crippen molar-refractivity contribution in [3.05, 3.63) is 41.0 Å². The van der Waals surface area contributed by atoms with E-state index in [1.807, 2.05) is 6.07 Å². The van der Waals surface area contributed by atoms with Crippen molar-refractivity contribution >= 4 is 0 Å². The molecule has 0 fully saturated rings. The molecule has 0 unspecified atom stereocenters. The molecule has 0 spiro atoms. The van der Waals surface area contributed by atoms with Gasteiger partial charge in [-0.15, -0.1) is 0 Å². The molecule has 2 aromatic carbocycles. The molecule has 1 N–H and O–H groups in total. The zero-order valence-corrected chi connectivity index (χ0v) is 13.4. The van der Waals surface area contributed by atoms with Crippen LogP contribution in [0.5, 0.6) is 17.2 Å². The first kappa shape index (κ1) is 13.3. The molecular formula is C19H20NO3+. The predicted molar refractivity (Wildman–Crippen MR) is 86.8 cm³/mol. The first-order valence-electron chi connectivity index (χ1n) is 8.15. The van der Waals surface area contributed by atoms with Crippen LogP contribution in [0.4, 0.5) is 0 Å². The van der Waals surface area contributed by atoms with Crippen molar-refractivity contribution in [1.82, 2.24) is 0 Å². The number of hydrogen-bond acceptors (Lipinski definition) is 3. The topological polar surface area (TPSA) is 38.7 Å². The molecule has 0 saturated carbocycles. The van der Waals surface area contributed by atoms with Crippen LogP contribution in [0.15, 0.2) is 24.3 Å². The van der Waals surface area contributed by atoms with Gasteiger partial charge in [0.05, 0.1) is 20.6 Å². The molecule has 1 aliphatic carbocycles. The summed E-state index contributed by atoms with van der Waals surface area (Å²) < 4.78 is 12.5. The van der Waals surface area contributed by atoms with Crippen LogP contribution in [0.2, 0.25) is 0 Å². The fraction of sp³-hybridized carbons (Fsp3) is 0.368. The molecule has 3 aliphatic rings. The van der Waals surface area contributed by atoms with Gasteiger partial charge in [-0.1, -0.05) is 6.07 Å². The maximum absolute atomic E-state index is 10.00. The van der Waals surface area contributed by atoms with E-state index in [1.165, 1.54) is 16.7 Å². The second-order valence-electron chi connectivity index (χ2n) is 7.37. The molecule has 118 valence electrons. The van der Waals surface area contributed by atoms with Crippen molar-refractivity contribution in [2.75, 3.05) is 27.4 Å². The second-order valence-corrected chi connectivity index (χ2v) is 7.37. The minimum Gasteiger partial charge on any atom is -0.508 e. The van der Waals surface area contributed by atoms with E-state index in [9.17, 15) is 5.11 Å². The lowest BCUT2D eigenvalue weighted by Crippen LogP contribution is -2.49. The molecule has 0 saturated heterocycles. The summed E-state index contributed by atoms with van der Waals surface area (Å²) in [5, 5.41) is 10.00. The quantitative estimate of drug-likeness (QED) is 0.760. The van der Waals surface area contributed by atoms with E-state index in [0.29, 0.717) is 11.8 Å². The van der Waals surface area contributed by atoms with Crippen molar-refractivity contribution < 1.29 is 19.1 Å². The van der Waals surface area contributed by atoms with Gasteiger partial charge in [-0.05, 0) is 34.9 Å². The third-order valence-electron chi connectivity index (χ3n) is 5.70. The number of phenols is 1. The van der Waals surface area contributed by atoms with Crippen molar-refractivity contribution in [1.29, 1.82) is 0 Å². The molecule has 4 heteroatoms. The van der Waals surface area contributed by atoms with E-state index in [4.69, 9.17) is 9.47 Å². The summed E-state index contributed by atoms with van der Waals surface area (Å²) in [6.45, 7) is 1.41. The Morgan fingerprint density at radius 2 is 2.00 bits per heavy atom. The maximum Gasteiger partial charge on any atom is 0.231 e. The number of phenolic OH excluding ortho intramolecular Hbond substituents is 1. The van der Waals surface area contributed by atoms with Gasteiger partial charge in [0.15, 0.2) is 11.5 Å². The van der Waals surface area contributed by atoms with Crippen LogP contribution in [0.1, 0.15) is 22.7 Å². The molecule has 2 aromatic rings. The SMILES string of the molecule is C[N+]1(C)CCc2cc3c(c4c2[C@H]1Cc1ccc(O)cc1-4)OCO3. The molecule has 2 aliphatic heterocycles. The Balaban J connectivity index is 1.89. The standard InChI is InChI=1S/C19H19NO3/c1-20(2)6-5-12-8-16-19(23-10-22-16)18-14-9-13(21)4-3-11(14)7-15(20)17(12)18/h3-4,8-9,15H,5-7,10H2,1-2H3/p+1/t15-/m1/s1. The van der Waals surface area contributed by atoms with Crippen molar-refractivity contribution in [2.24, 2.45) is 0 Å². The number of nitrogens with zero attached hydrogens (tertiary/aromatic N) is 1. The van der Waals surface area contributed by atoms with Gasteiger partial charge in [0.25, 0.3) is 0 Å². The number of hydrogen-bond donors (Lipinski definition) is 1. The molecule has 0 amide bonds.